The summed E-state index contributed by atoms with van der Waals surface area (Å²) < 4.78 is 10.8. The summed E-state index contributed by atoms with van der Waals surface area (Å²) in [6.45, 7) is 7.03. The first-order valence-electron chi connectivity index (χ1n) is 6.73. The molecule has 0 saturated carbocycles. The first kappa shape index (κ1) is 14.9. The van der Waals surface area contributed by atoms with Gasteiger partial charge in [0.05, 0.1) is 19.7 Å². The maximum Gasteiger partial charge on any atom is 0.240 e. The predicted molar refractivity (Wildman–Crippen MR) is 70.6 cm³/mol. The Morgan fingerprint density at radius 2 is 2.40 bits per heavy atom. The van der Waals surface area contributed by atoms with E-state index in [2.05, 4.69) is 34.2 Å². The van der Waals surface area contributed by atoms with Crippen LogP contribution in [0.2, 0.25) is 0 Å². The van der Waals surface area contributed by atoms with E-state index in [0.717, 1.165) is 13.1 Å². The molecule has 2 heterocycles. The van der Waals surface area contributed by atoms with E-state index in [4.69, 9.17) is 15.0 Å². The molecule has 0 spiro atoms. The van der Waals surface area contributed by atoms with Gasteiger partial charge in [0.1, 0.15) is 6.10 Å². The molecule has 1 aliphatic rings. The summed E-state index contributed by atoms with van der Waals surface area (Å²) in [5, 5.41) is 6.76. The summed E-state index contributed by atoms with van der Waals surface area (Å²) in [5.41, 5.74) is 5.03. The monoisotopic (exact) mass is 283 g/mol. The van der Waals surface area contributed by atoms with Crippen LogP contribution in [0.15, 0.2) is 4.52 Å². The predicted octanol–water partition coefficient (Wildman–Crippen LogP) is -0.574. The average Bonchev–Trinajstić information content (AvgIpc) is 2.87. The van der Waals surface area contributed by atoms with Crippen LogP contribution in [0.1, 0.15) is 31.7 Å². The van der Waals surface area contributed by atoms with Crippen LogP contribution in [0.25, 0.3) is 0 Å². The van der Waals surface area contributed by atoms with E-state index in [-0.39, 0.29) is 12.6 Å². The summed E-state index contributed by atoms with van der Waals surface area (Å²) in [5.74, 6) is 0.547. The zero-order chi connectivity index (χ0) is 14.5. The molecule has 1 aromatic heterocycles. The van der Waals surface area contributed by atoms with Crippen LogP contribution in [-0.4, -0.2) is 53.2 Å². The van der Waals surface area contributed by atoms with Crippen LogP contribution in [0.4, 0.5) is 0 Å². The number of rotatable bonds is 6. The van der Waals surface area contributed by atoms with Crippen molar-refractivity contribution in [3.05, 3.63) is 11.7 Å². The van der Waals surface area contributed by atoms with Gasteiger partial charge in [-0.15, -0.1) is 0 Å². The maximum atomic E-state index is 10.6. The molecule has 0 radical (unpaired) electrons. The smallest absolute Gasteiger partial charge is 0.240 e. The number of hydrogen-bond donors (Lipinski definition) is 2. The van der Waals surface area contributed by atoms with Gasteiger partial charge in [-0.1, -0.05) is 5.16 Å². The summed E-state index contributed by atoms with van der Waals surface area (Å²) in [6.07, 6.45) is -0.167. The van der Waals surface area contributed by atoms with E-state index in [0.29, 0.717) is 30.9 Å². The normalized spacial score (nSPS) is 20.4. The molecule has 8 nitrogen and oxygen atoms in total. The third kappa shape index (κ3) is 3.99. The van der Waals surface area contributed by atoms with Crippen LogP contribution in [0, 0.1) is 0 Å². The van der Waals surface area contributed by atoms with E-state index in [1.807, 2.05) is 0 Å². The largest absolute Gasteiger partial charge is 0.369 e. The van der Waals surface area contributed by atoms with Crippen molar-refractivity contribution in [2.24, 2.45) is 5.73 Å². The second-order valence-electron chi connectivity index (χ2n) is 5.06. The minimum Gasteiger partial charge on any atom is -0.369 e. The number of nitrogens with one attached hydrogen (secondary N) is 1. The van der Waals surface area contributed by atoms with Crippen LogP contribution in [0.3, 0.4) is 0 Å². The van der Waals surface area contributed by atoms with Gasteiger partial charge < -0.3 is 15.0 Å². The highest BCUT2D eigenvalue weighted by Gasteiger charge is 2.27. The molecule has 1 aromatic rings. The van der Waals surface area contributed by atoms with Crippen LogP contribution in [-0.2, 0) is 16.1 Å². The van der Waals surface area contributed by atoms with E-state index < -0.39 is 5.91 Å². The molecular weight excluding hydrogens is 262 g/mol. The standard InChI is InChI=1S/C12H21N5O3/c1-8(2)17-3-4-19-9(7-17)12-15-11(20-16-12)6-14-5-10(13)18/h8-9,14H,3-7H2,1-2H3,(H2,13,18). The molecule has 1 atom stereocenters. The lowest BCUT2D eigenvalue weighted by Gasteiger charge is -2.34. The molecule has 8 heteroatoms. The zero-order valence-electron chi connectivity index (χ0n) is 11.8. The van der Waals surface area contributed by atoms with Crippen molar-refractivity contribution in [1.29, 1.82) is 0 Å². The molecule has 1 saturated heterocycles. The fourth-order valence-corrected chi connectivity index (χ4v) is 2.06. The van der Waals surface area contributed by atoms with Crippen molar-refractivity contribution in [2.45, 2.75) is 32.5 Å². The van der Waals surface area contributed by atoms with Crippen molar-refractivity contribution in [3.8, 4) is 0 Å². The lowest BCUT2D eigenvalue weighted by atomic mass is 10.2. The molecule has 1 aliphatic heterocycles. The Bertz CT molecular complexity index is 448. The number of carbonyl (C=O) groups excluding carboxylic acids is 1. The van der Waals surface area contributed by atoms with Crippen molar-refractivity contribution in [1.82, 2.24) is 20.4 Å². The second kappa shape index (κ2) is 6.78. The number of hydrogen-bond acceptors (Lipinski definition) is 7. The molecule has 2 rings (SSSR count). The van der Waals surface area contributed by atoms with Crippen molar-refractivity contribution < 1.29 is 14.1 Å². The SMILES string of the molecule is CC(C)N1CCOC(c2noc(CNCC(N)=O)n2)C1. The lowest BCUT2D eigenvalue weighted by molar-refractivity contribution is -0.117. The van der Waals surface area contributed by atoms with Gasteiger partial charge in [0.25, 0.3) is 0 Å². The molecule has 0 aliphatic carbocycles. The van der Waals surface area contributed by atoms with Crippen molar-refractivity contribution >= 4 is 5.91 Å². The molecule has 1 amide bonds. The third-order valence-corrected chi connectivity index (χ3v) is 3.18. The molecule has 112 valence electrons. The second-order valence-corrected chi connectivity index (χ2v) is 5.06. The number of aromatic nitrogens is 2. The summed E-state index contributed by atoms with van der Waals surface area (Å²) in [7, 11) is 0. The van der Waals surface area contributed by atoms with Crippen LogP contribution in [0.5, 0.6) is 0 Å². The summed E-state index contributed by atoms with van der Waals surface area (Å²) in [4.78, 5) is 17.2. The molecule has 1 fully saturated rings. The van der Waals surface area contributed by atoms with Gasteiger partial charge in [0.15, 0.2) is 0 Å². The molecule has 20 heavy (non-hydrogen) atoms. The highest BCUT2D eigenvalue weighted by molar-refractivity contribution is 5.75. The topological polar surface area (TPSA) is 107 Å². The van der Waals surface area contributed by atoms with Crippen LogP contribution < -0.4 is 11.1 Å². The average molecular weight is 283 g/mol. The molecule has 0 aromatic carbocycles. The Kier molecular flexibility index (Phi) is 5.05. The molecule has 1 unspecified atom stereocenters. The first-order chi connectivity index (χ1) is 9.56. The Morgan fingerprint density at radius 1 is 1.60 bits per heavy atom. The van der Waals surface area contributed by atoms with Crippen LogP contribution >= 0.6 is 0 Å². The summed E-state index contributed by atoms with van der Waals surface area (Å²) >= 11 is 0. The van der Waals surface area contributed by atoms with Gasteiger partial charge in [-0.3, -0.25) is 15.0 Å². The first-order valence-corrected chi connectivity index (χ1v) is 6.73. The minimum absolute atomic E-state index is 0.0821. The fraction of sp³-hybridized carbons (Fsp3) is 0.750. The van der Waals surface area contributed by atoms with E-state index in [1.54, 1.807) is 0 Å². The molecule has 3 N–H and O–H groups in total. The number of nitrogens with zero attached hydrogens (tertiary/aromatic N) is 3. The number of carbonyl (C=O) groups is 1. The Labute approximate surface area is 117 Å². The maximum absolute atomic E-state index is 10.6. The number of morpholine rings is 1. The van der Waals surface area contributed by atoms with Gasteiger partial charge in [-0.25, -0.2) is 0 Å². The number of amides is 1. The highest BCUT2D eigenvalue weighted by Crippen LogP contribution is 2.20. The van der Waals surface area contributed by atoms with Gasteiger partial charge in [-0.05, 0) is 13.8 Å². The number of nitrogens with two attached hydrogens (primary N) is 1. The minimum atomic E-state index is -0.423. The van der Waals surface area contributed by atoms with Gasteiger partial charge in [-0.2, -0.15) is 4.98 Å². The van der Waals surface area contributed by atoms with Gasteiger partial charge >= 0.3 is 0 Å². The zero-order valence-corrected chi connectivity index (χ0v) is 11.8. The quantitative estimate of drug-likeness (QED) is 0.719. The third-order valence-electron chi connectivity index (χ3n) is 3.18. The molecular formula is C12H21N5O3. The van der Waals surface area contributed by atoms with Crippen molar-refractivity contribution in [2.75, 3.05) is 26.2 Å². The van der Waals surface area contributed by atoms with E-state index >= 15 is 0 Å². The summed E-state index contributed by atoms with van der Waals surface area (Å²) in [6, 6.07) is 0.463. The van der Waals surface area contributed by atoms with Gasteiger partial charge in [0, 0.05) is 19.1 Å². The van der Waals surface area contributed by atoms with Gasteiger partial charge in [0.2, 0.25) is 17.6 Å². The Balaban J connectivity index is 1.89. The lowest BCUT2D eigenvalue weighted by Crippen LogP contribution is -2.42. The Hall–Kier alpha value is -1.51. The van der Waals surface area contributed by atoms with E-state index in [9.17, 15) is 4.79 Å². The highest BCUT2D eigenvalue weighted by atomic mass is 16.5. The Morgan fingerprint density at radius 3 is 3.10 bits per heavy atom. The van der Waals surface area contributed by atoms with E-state index in [1.165, 1.54) is 0 Å². The fourth-order valence-electron chi connectivity index (χ4n) is 2.06. The number of ether oxygens (including phenoxy) is 1. The molecule has 0 bridgehead atoms. The number of primary amides is 1. The van der Waals surface area contributed by atoms with Crippen molar-refractivity contribution in [3.63, 3.8) is 0 Å².